The number of nitrogens with one attached hydrogen (secondary N) is 2. The molecule has 0 fully saturated rings. The average molecular weight is 266 g/mol. The van der Waals surface area contributed by atoms with Gasteiger partial charge in [-0.1, -0.05) is 12.1 Å². The predicted octanol–water partition coefficient (Wildman–Crippen LogP) is 1.96. The second kappa shape index (κ2) is 4.06. The van der Waals surface area contributed by atoms with E-state index in [1.807, 2.05) is 24.3 Å². The predicted molar refractivity (Wildman–Crippen MR) is 73.4 cm³/mol. The molecule has 0 aliphatic carbocycles. The van der Waals surface area contributed by atoms with Crippen LogP contribution in [0.15, 0.2) is 36.7 Å². The monoisotopic (exact) mass is 266 g/mol. The van der Waals surface area contributed by atoms with Crippen LogP contribution in [0.2, 0.25) is 0 Å². The van der Waals surface area contributed by atoms with Gasteiger partial charge in [-0.2, -0.15) is 5.10 Å². The van der Waals surface area contributed by atoms with Crippen LogP contribution < -0.4 is 10.1 Å². The Labute approximate surface area is 113 Å². The highest BCUT2D eigenvalue weighted by Gasteiger charge is 2.18. The summed E-state index contributed by atoms with van der Waals surface area (Å²) < 4.78 is 5.39. The van der Waals surface area contributed by atoms with Crippen molar-refractivity contribution in [3.63, 3.8) is 0 Å². The molecular formula is C14H10N4O2. The first-order valence-electron chi connectivity index (χ1n) is 6.16. The van der Waals surface area contributed by atoms with Crippen LogP contribution in [0, 0.1) is 0 Å². The molecule has 1 amide bonds. The van der Waals surface area contributed by atoms with Gasteiger partial charge in [-0.25, -0.2) is 4.98 Å². The first kappa shape index (κ1) is 11.0. The third-order valence-corrected chi connectivity index (χ3v) is 3.27. The zero-order valence-electron chi connectivity index (χ0n) is 10.4. The molecule has 2 N–H and O–H groups in total. The molecule has 3 aromatic rings. The van der Waals surface area contributed by atoms with Crippen LogP contribution in [0.5, 0.6) is 5.75 Å². The normalized spacial score (nSPS) is 13.7. The second-order valence-corrected chi connectivity index (χ2v) is 4.54. The van der Waals surface area contributed by atoms with Crippen LogP contribution >= 0.6 is 0 Å². The molecule has 0 saturated carbocycles. The highest BCUT2D eigenvalue weighted by Crippen LogP contribution is 2.33. The highest BCUT2D eigenvalue weighted by molar-refractivity contribution is 5.97. The maximum absolute atomic E-state index is 11.2. The van der Waals surface area contributed by atoms with Gasteiger partial charge in [0.25, 0.3) is 5.91 Å². The van der Waals surface area contributed by atoms with Crippen LogP contribution in [0.1, 0.15) is 0 Å². The Morgan fingerprint density at radius 3 is 3.15 bits per heavy atom. The number of hydrogen-bond acceptors (Lipinski definition) is 4. The van der Waals surface area contributed by atoms with E-state index >= 15 is 0 Å². The molecule has 3 heterocycles. The van der Waals surface area contributed by atoms with Crippen LogP contribution in [-0.2, 0) is 4.79 Å². The minimum Gasteiger partial charge on any atom is -0.480 e. The van der Waals surface area contributed by atoms with Crippen LogP contribution in [0.25, 0.3) is 22.0 Å². The zero-order chi connectivity index (χ0) is 13.5. The first-order chi connectivity index (χ1) is 9.81. The number of aromatic amines is 1. The van der Waals surface area contributed by atoms with E-state index in [1.165, 1.54) is 0 Å². The van der Waals surface area contributed by atoms with Gasteiger partial charge >= 0.3 is 0 Å². The maximum Gasteiger partial charge on any atom is 0.263 e. The second-order valence-electron chi connectivity index (χ2n) is 4.54. The number of ether oxygens (including phenoxy) is 1. The highest BCUT2D eigenvalue weighted by atomic mass is 16.5. The fourth-order valence-electron chi connectivity index (χ4n) is 2.33. The first-order valence-corrected chi connectivity index (χ1v) is 6.16. The van der Waals surface area contributed by atoms with Crippen molar-refractivity contribution in [3.8, 4) is 16.9 Å². The number of benzene rings is 1. The summed E-state index contributed by atoms with van der Waals surface area (Å²) in [5.74, 6) is 0.863. The average Bonchev–Trinajstić information content (AvgIpc) is 2.95. The lowest BCUT2D eigenvalue weighted by molar-refractivity contribution is -0.118. The largest absolute Gasteiger partial charge is 0.480 e. The molecule has 6 heteroatoms. The lowest BCUT2D eigenvalue weighted by Crippen LogP contribution is -2.26. The summed E-state index contributed by atoms with van der Waals surface area (Å²) in [7, 11) is 0. The number of hydrogen-bond donors (Lipinski definition) is 2. The Bertz CT molecular complexity index is 825. The Kier molecular flexibility index (Phi) is 2.23. The van der Waals surface area contributed by atoms with E-state index in [4.69, 9.17) is 4.74 Å². The molecule has 0 bridgehead atoms. The lowest BCUT2D eigenvalue weighted by Gasteiger charge is -2.17. The molecule has 0 spiro atoms. The summed E-state index contributed by atoms with van der Waals surface area (Å²) in [6.07, 6.45) is 3.50. The van der Waals surface area contributed by atoms with Gasteiger partial charge in [0.05, 0.1) is 11.7 Å². The zero-order valence-corrected chi connectivity index (χ0v) is 10.4. The number of aromatic nitrogens is 3. The van der Waals surface area contributed by atoms with Gasteiger partial charge in [0, 0.05) is 17.1 Å². The number of nitrogens with zero attached hydrogens (tertiary/aromatic N) is 2. The third-order valence-electron chi connectivity index (χ3n) is 3.27. The fraction of sp³-hybridized carbons (Fsp3) is 0.0714. The van der Waals surface area contributed by atoms with Crippen LogP contribution in [-0.4, -0.2) is 27.7 Å². The third kappa shape index (κ3) is 1.62. The Balaban J connectivity index is 1.87. The topological polar surface area (TPSA) is 79.9 Å². The quantitative estimate of drug-likeness (QED) is 0.705. The smallest absolute Gasteiger partial charge is 0.263 e. The van der Waals surface area contributed by atoms with E-state index in [0.29, 0.717) is 11.6 Å². The van der Waals surface area contributed by atoms with Gasteiger partial charge in [-0.05, 0) is 17.7 Å². The molecule has 0 saturated heterocycles. The molecule has 4 rings (SSSR count). The molecule has 2 aromatic heterocycles. The van der Waals surface area contributed by atoms with Crippen molar-refractivity contribution in [2.24, 2.45) is 0 Å². The summed E-state index contributed by atoms with van der Waals surface area (Å²) in [5, 5.41) is 10.7. The molecule has 1 aromatic carbocycles. The Morgan fingerprint density at radius 2 is 2.20 bits per heavy atom. The fourth-order valence-corrected chi connectivity index (χ4v) is 2.33. The summed E-state index contributed by atoms with van der Waals surface area (Å²) in [4.78, 5) is 15.5. The van der Waals surface area contributed by atoms with Crippen molar-refractivity contribution in [2.75, 3.05) is 11.9 Å². The molecule has 0 unspecified atom stereocenters. The standard InChI is InChI=1S/C14H10N4O2/c19-13-7-20-12-4-8(5-15-14(12)17-13)9-2-1-3-11-10(9)6-16-18-11/h1-6H,7H2,(H,16,18)(H,15,17,19). The Morgan fingerprint density at radius 1 is 1.25 bits per heavy atom. The summed E-state index contributed by atoms with van der Waals surface area (Å²) >= 11 is 0. The molecule has 0 atom stereocenters. The van der Waals surface area contributed by atoms with Crippen molar-refractivity contribution in [3.05, 3.63) is 36.7 Å². The van der Waals surface area contributed by atoms with E-state index in [0.717, 1.165) is 22.0 Å². The van der Waals surface area contributed by atoms with E-state index in [2.05, 4.69) is 20.5 Å². The molecule has 20 heavy (non-hydrogen) atoms. The molecular weight excluding hydrogens is 256 g/mol. The summed E-state index contributed by atoms with van der Waals surface area (Å²) in [6.45, 7) is 0.0219. The van der Waals surface area contributed by atoms with Crippen molar-refractivity contribution in [1.82, 2.24) is 15.2 Å². The van der Waals surface area contributed by atoms with Crippen molar-refractivity contribution >= 4 is 22.6 Å². The van der Waals surface area contributed by atoms with E-state index in [9.17, 15) is 4.79 Å². The number of carbonyl (C=O) groups is 1. The molecule has 1 aliphatic heterocycles. The van der Waals surface area contributed by atoms with E-state index in [1.54, 1.807) is 12.4 Å². The number of H-pyrrole nitrogens is 1. The van der Waals surface area contributed by atoms with Crippen molar-refractivity contribution in [1.29, 1.82) is 0 Å². The van der Waals surface area contributed by atoms with Crippen molar-refractivity contribution in [2.45, 2.75) is 0 Å². The number of rotatable bonds is 1. The summed E-state index contributed by atoms with van der Waals surface area (Å²) in [6, 6.07) is 7.80. The molecule has 6 nitrogen and oxygen atoms in total. The van der Waals surface area contributed by atoms with E-state index in [-0.39, 0.29) is 12.5 Å². The molecule has 0 radical (unpaired) electrons. The van der Waals surface area contributed by atoms with Crippen LogP contribution in [0.3, 0.4) is 0 Å². The Hall–Kier alpha value is -2.89. The van der Waals surface area contributed by atoms with Gasteiger partial charge in [-0.3, -0.25) is 9.89 Å². The van der Waals surface area contributed by atoms with Gasteiger partial charge in [-0.15, -0.1) is 0 Å². The molecule has 1 aliphatic rings. The van der Waals surface area contributed by atoms with Crippen molar-refractivity contribution < 1.29 is 9.53 Å². The minimum absolute atomic E-state index is 0.0219. The lowest BCUT2D eigenvalue weighted by atomic mass is 10.0. The van der Waals surface area contributed by atoms with Gasteiger partial charge in [0.2, 0.25) is 0 Å². The SMILES string of the molecule is O=C1COc2cc(-c3cccc4[nH]ncc34)cnc2N1. The number of amides is 1. The van der Waals surface area contributed by atoms with Gasteiger partial charge in [0.15, 0.2) is 18.2 Å². The maximum atomic E-state index is 11.2. The molecule has 98 valence electrons. The minimum atomic E-state index is -0.185. The number of pyridine rings is 1. The van der Waals surface area contributed by atoms with Crippen LogP contribution in [0.4, 0.5) is 5.82 Å². The van der Waals surface area contributed by atoms with E-state index < -0.39 is 0 Å². The summed E-state index contributed by atoms with van der Waals surface area (Å²) in [5.41, 5.74) is 2.91. The number of carbonyl (C=O) groups excluding carboxylic acids is 1. The van der Waals surface area contributed by atoms with Gasteiger partial charge < -0.3 is 10.1 Å². The number of anilines is 1. The van der Waals surface area contributed by atoms with Gasteiger partial charge in [0.1, 0.15) is 0 Å². The number of fused-ring (bicyclic) bond motifs is 2.